The van der Waals surface area contributed by atoms with Crippen LogP contribution in [0.5, 0.6) is 0 Å². The molecular weight excluding hydrogens is 928 g/mol. The van der Waals surface area contributed by atoms with Crippen molar-refractivity contribution in [2.45, 2.75) is 138 Å². The number of rotatable bonds is 7. The van der Waals surface area contributed by atoms with Crippen LogP contribution in [0, 0.1) is 52.4 Å². The van der Waals surface area contributed by atoms with Crippen molar-refractivity contribution in [1.82, 2.24) is 0 Å². The van der Waals surface area contributed by atoms with Gasteiger partial charge in [0.25, 0.3) is 0 Å². The molecule has 0 aromatic heterocycles. The summed E-state index contributed by atoms with van der Waals surface area (Å²) in [6.45, 7) is 27.6. The average Bonchev–Trinajstić information content (AvgIpc) is 3.31. The molecule has 0 saturated heterocycles. The van der Waals surface area contributed by atoms with Crippen LogP contribution in [0.1, 0.15) is 177 Å². The van der Waals surface area contributed by atoms with Crippen molar-refractivity contribution < 1.29 is 39.5 Å². The highest BCUT2D eigenvalue weighted by molar-refractivity contribution is 5.25. The Morgan fingerprint density at radius 3 is 0.986 bits per heavy atom. The monoisotopic (exact) mass is 1000 g/mol. The van der Waals surface area contributed by atoms with Crippen LogP contribution in [0.2, 0.25) is 0 Å². The van der Waals surface area contributed by atoms with Crippen LogP contribution in [0.15, 0.2) is 158 Å². The lowest BCUT2D eigenvalue weighted by Gasteiger charge is -2.06. The summed E-state index contributed by atoms with van der Waals surface area (Å²) in [5.74, 6) is -1.89. The van der Waals surface area contributed by atoms with Gasteiger partial charge in [0.2, 0.25) is 0 Å². The summed E-state index contributed by atoms with van der Waals surface area (Å²) in [6.07, 6.45) is 0. The highest BCUT2D eigenvalue weighted by Crippen LogP contribution is 2.23. The van der Waals surface area contributed by atoms with E-state index >= 15 is 0 Å². The minimum absolute atomic E-state index is 0.0331. The van der Waals surface area contributed by atoms with Gasteiger partial charge in [-0.25, -0.2) is 39.5 Å². The summed E-state index contributed by atoms with van der Waals surface area (Å²) >= 11 is 0. The second-order valence-corrected chi connectivity index (χ2v) is 19.1. The summed E-state index contributed by atoms with van der Waals surface area (Å²) in [5.41, 5.74) is 5.75. The minimum atomic E-state index is -0.767. The second kappa shape index (κ2) is 33.5. The standard InChI is InChI=1S/3C9H10F2.3C9H11F.C9H12/c1-6(2)7-3-8(10)5-9(11)4-7;1-6(2)9-7(10)4-3-5-8(9)11;1-6(2)7-4-3-5-8(10)9(7)11;1-7(2)8-3-5-9(10)6-4-8;1-7(2)8-4-3-5-9(10)6-8;1-7(2)8-5-3-4-6-9(8)10;1-8(2)9-6-4-3-5-7-9/h3*3-6H,1-2H3;3*3-7H,1-2H3;3-8H,1-2H3. The van der Waals surface area contributed by atoms with E-state index < -0.39 is 34.9 Å². The van der Waals surface area contributed by atoms with E-state index in [1.165, 1.54) is 71.8 Å². The molecule has 7 rings (SSSR count). The van der Waals surface area contributed by atoms with Crippen molar-refractivity contribution >= 4 is 0 Å². The molecule has 0 heterocycles. The van der Waals surface area contributed by atoms with Crippen LogP contribution in [0.4, 0.5) is 39.5 Å². The number of hydrogen-bond donors (Lipinski definition) is 0. The molecule has 0 saturated carbocycles. The lowest BCUT2D eigenvalue weighted by atomic mass is 10.0. The topological polar surface area (TPSA) is 0 Å². The molecule has 0 atom stereocenters. The van der Waals surface area contributed by atoms with Gasteiger partial charge in [-0.15, -0.1) is 0 Å². The molecule has 0 amide bonds. The molecule has 0 aliphatic rings. The fourth-order valence-electron chi connectivity index (χ4n) is 6.43. The van der Waals surface area contributed by atoms with Crippen LogP contribution in [0.3, 0.4) is 0 Å². The van der Waals surface area contributed by atoms with Crippen LogP contribution in [-0.4, -0.2) is 0 Å². The first-order chi connectivity index (χ1) is 33.8. The largest absolute Gasteiger partial charge is 0.207 e. The Bertz CT molecular complexity index is 2520. The van der Waals surface area contributed by atoms with Gasteiger partial charge in [-0.2, -0.15) is 0 Å². The molecule has 390 valence electrons. The SMILES string of the molecule is CC(C)c1c(F)cccc1F.CC(C)c1cc(F)cc(F)c1.CC(C)c1ccc(F)cc1.CC(C)c1cccc(F)c1.CC(C)c1cccc(F)c1F.CC(C)c1ccccc1.CC(C)c1ccccc1F. The normalized spacial score (nSPS) is 10.5. The van der Waals surface area contributed by atoms with Crippen LogP contribution in [0.25, 0.3) is 0 Å². The lowest BCUT2D eigenvalue weighted by Crippen LogP contribution is -1.96. The van der Waals surface area contributed by atoms with Crippen molar-refractivity contribution in [3.8, 4) is 0 Å². The summed E-state index contributed by atoms with van der Waals surface area (Å²) in [5, 5.41) is 0. The molecule has 7 aromatic carbocycles. The van der Waals surface area contributed by atoms with Crippen molar-refractivity contribution in [1.29, 1.82) is 0 Å². The highest BCUT2D eigenvalue weighted by Gasteiger charge is 2.12. The van der Waals surface area contributed by atoms with Crippen LogP contribution < -0.4 is 0 Å². The molecule has 0 radical (unpaired) electrons. The van der Waals surface area contributed by atoms with Gasteiger partial charge in [0, 0.05) is 11.6 Å². The van der Waals surface area contributed by atoms with Gasteiger partial charge in [-0.1, -0.05) is 188 Å². The summed E-state index contributed by atoms with van der Waals surface area (Å²) in [4.78, 5) is 0. The van der Waals surface area contributed by atoms with Crippen molar-refractivity contribution in [3.63, 3.8) is 0 Å². The van der Waals surface area contributed by atoms with E-state index in [1.54, 1.807) is 38.1 Å². The van der Waals surface area contributed by atoms with Gasteiger partial charge >= 0.3 is 0 Å². The summed E-state index contributed by atoms with van der Waals surface area (Å²) in [7, 11) is 0. The first-order valence-electron chi connectivity index (χ1n) is 24.4. The molecule has 7 aromatic rings. The highest BCUT2D eigenvalue weighted by atomic mass is 19.2. The first kappa shape index (κ1) is 63.9. The molecule has 9 heteroatoms. The Labute approximate surface area is 425 Å². The third-order valence-electron chi connectivity index (χ3n) is 10.8. The molecule has 0 spiro atoms. The zero-order valence-electron chi connectivity index (χ0n) is 44.5. The van der Waals surface area contributed by atoms with Gasteiger partial charge in [-0.3, -0.25) is 0 Å². The van der Waals surface area contributed by atoms with E-state index in [1.807, 2.05) is 77.9 Å². The third kappa shape index (κ3) is 24.8. The Kier molecular flexibility index (Phi) is 29.8. The van der Waals surface area contributed by atoms with E-state index in [0.29, 0.717) is 28.9 Å². The molecule has 72 heavy (non-hydrogen) atoms. The maximum absolute atomic E-state index is 12.9. The molecular formula is C63H75F9. The maximum atomic E-state index is 12.9. The van der Waals surface area contributed by atoms with Crippen molar-refractivity contribution in [2.24, 2.45) is 0 Å². The summed E-state index contributed by atoms with van der Waals surface area (Å²) < 4.78 is 114. The number of hydrogen-bond acceptors (Lipinski definition) is 0. The van der Waals surface area contributed by atoms with E-state index in [-0.39, 0.29) is 46.7 Å². The van der Waals surface area contributed by atoms with Gasteiger partial charge < -0.3 is 0 Å². The van der Waals surface area contributed by atoms with Crippen molar-refractivity contribution in [3.05, 3.63) is 249 Å². The molecule has 0 aliphatic carbocycles. The fraction of sp³-hybridized carbons (Fsp3) is 0.333. The molecule has 0 N–H and O–H groups in total. The Hall–Kier alpha value is -6.09. The smallest absolute Gasteiger partial charge is 0.162 e. The quantitative estimate of drug-likeness (QED) is 0.140. The molecule has 0 unspecified atom stereocenters. The molecule has 0 fully saturated rings. The van der Waals surface area contributed by atoms with Gasteiger partial charge in [0.1, 0.15) is 40.7 Å². The van der Waals surface area contributed by atoms with E-state index in [9.17, 15) is 39.5 Å². The maximum Gasteiger partial charge on any atom is 0.162 e. The molecule has 0 bridgehead atoms. The van der Waals surface area contributed by atoms with E-state index in [0.717, 1.165) is 23.3 Å². The third-order valence-corrected chi connectivity index (χ3v) is 10.8. The van der Waals surface area contributed by atoms with Crippen LogP contribution in [-0.2, 0) is 0 Å². The Morgan fingerprint density at radius 1 is 0.236 bits per heavy atom. The van der Waals surface area contributed by atoms with E-state index in [4.69, 9.17) is 0 Å². The minimum Gasteiger partial charge on any atom is -0.207 e. The number of halogens is 9. The zero-order chi connectivity index (χ0) is 54.7. The molecule has 0 aliphatic heterocycles. The van der Waals surface area contributed by atoms with Gasteiger partial charge in [0.15, 0.2) is 11.6 Å². The van der Waals surface area contributed by atoms with Crippen molar-refractivity contribution in [2.75, 3.05) is 0 Å². The Balaban J connectivity index is 0.000000420. The van der Waals surface area contributed by atoms with Gasteiger partial charge in [0.05, 0.1) is 0 Å². The lowest BCUT2D eigenvalue weighted by molar-refractivity contribution is 0.494. The summed E-state index contributed by atoms with van der Waals surface area (Å²) in [6, 6.07) is 42.5. The fourth-order valence-corrected chi connectivity index (χ4v) is 6.43. The van der Waals surface area contributed by atoms with E-state index in [2.05, 4.69) is 65.8 Å². The zero-order valence-corrected chi connectivity index (χ0v) is 44.5. The second-order valence-electron chi connectivity index (χ2n) is 19.1. The first-order valence-corrected chi connectivity index (χ1v) is 24.4. The predicted octanol–water partition coefficient (Wildman–Crippen LogP) is 20.9. The average molecular weight is 1000 g/mol. The molecule has 0 nitrogen and oxygen atoms in total. The Morgan fingerprint density at radius 2 is 0.611 bits per heavy atom. The van der Waals surface area contributed by atoms with Gasteiger partial charge in [-0.05, 0) is 135 Å². The van der Waals surface area contributed by atoms with Crippen LogP contribution >= 0.6 is 0 Å². The number of benzene rings is 7. The predicted molar refractivity (Wildman–Crippen MR) is 283 cm³/mol.